The first kappa shape index (κ1) is 15.3. The number of amides is 1. The molecule has 1 aromatic rings. The predicted octanol–water partition coefficient (Wildman–Crippen LogP) is 0.714. The van der Waals surface area contributed by atoms with Gasteiger partial charge in [0.2, 0.25) is 0 Å². The summed E-state index contributed by atoms with van der Waals surface area (Å²) in [4.78, 5) is 12.7. The van der Waals surface area contributed by atoms with E-state index in [0.29, 0.717) is 16.5 Å². The van der Waals surface area contributed by atoms with Crippen LogP contribution in [0.2, 0.25) is 5.02 Å². The largest absolute Gasteiger partial charge is 0.495 e. The Morgan fingerprint density at radius 1 is 1.63 bits per heavy atom. The fourth-order valence-corrected chi connectivity index (χ4v) is 1.66. The quantitative estimate of drug-likeness (QED) is 0.836. The lowest BCUT2D eigenvalue weighted by atomic mass is 10.2. The van der Waals surface area contributed by atoms with E-state index in [1.807, 2.05) is 0 Å². The molecule has 0 aromatic heterocycles. The molecule has 0 aliphatic carbocycles. The number of carbonyl (C=O) groups excluding carboxylic acids is 1. The molecular weight excluding hydrogens is 266 g/mol. The standard InChI is InChI=1S/C13H16ClN3O2/c1-9(7-15)17(2)8-13(18)16-11-6-10(14)4-5-12(11)19-3/h4-6,9H,8H2,1-3H3,(H,16,18)/p+1/t9-/m0/s1. The Bertz CT molecular complexity index is 499. The van der Waals surface area contributed by atoms with Gasteiger partial charge in [-0.2, -0.15) is 5.26 Å². The Morgan fingerprint density at radius 2 is 2.32 bits per heavy atom. The van der Waals surface area contributed by atoms with Crippen molar-refractivity contribution in [2.75, 3.05) is 26.0 Å². The Kier molecular flexibility index (Phi) is 5.61. The fraction of sp³-hybridized carbons (Fsp3) is 0.385. The molecule has 1 aromatic carbocycles. The van der Waals surface area contributed by atoms with Gasteiger partial charge >= 0.3 is 0 Å². The third-order valence-corrected chi connectivity index (χ3v) is 3.04. The molecule has 0 aliphatic rings. The van der Waals surface area contributed by atoms with E-state index >= 15 is 0 Å². The molecule has 0 saturated carbocycles. The summed E-state index contributed by atoms with van der Waals surface area (Å²) >= 11 is 5.88. The summed E-state index contributed by atoms with van der Waals surface area (Å²) in [5.74, 6) is 0.351. The third kappa shape index (κ3) is 4.43. The second-order valence-corrected chi connectivity index (χ2v) is 4.70. The first-order valence-corrected chi connectivity index (χ1v) is 6.21. The number of hydrogen-bond donors (Lipinski definition) is 2. The summed E-state index contributed by atoms with van der Waals surface area (Å²) in [6.07, 6.45) is 0. The zero-order valence-electron chi connectivity index (χ0n) is 11.2. The summed E-state index contributed by atoms with van der Waals surface area (Å²) in [6.45, 7) is 1.97. The number of ether oxygens (including phenoxy) is 1. The van der Waals surface area contributed by atoms with Crippen LogP contribution in [0.15, 0.2) is 18.2 Å². The van der Waals surface area contributed by atoms with Crippen LogP contribution in [0.4, 0.5) is 5.69 Å². The van der Waals surface area contributed by atoms with Crippen LogP contribution in [0.5, 0.6) is 5.75 Å². The molecular formula is C13H17ClN3O2+. The molecule has 2 N–H and O–H groups in total. The van der Waals surface area contributed by atoms with Gasteiger partial charge in [-0.25, -0.2) is 0 Å². The monoisotopic (exact) mass is 282 g/mol. The van der Waals surface area contributed by atoms with Gasteiger partial charge < -0.3 is 15.0 Å². The van der Waals surface area contributed by atoms with Crippen molar-refractivity contribution in [3.05, 3.63) is 23.2 Å². The minimum absolute atomic E-state index is 0.194. The minimum atomic E-state index is -0.244. The second kappa shape index (κ2) is 6.98. The van der Waals surface area contributed by atoms with Crippen LogP contribution in [-0.4, -0.2) is 32.7 Å². The van der Waals surface area contributed by atoms with Crippen LogP contribution in [0.1, 0.15) is 6.92 Å². The normalized spacial score (nSPS) is 13.2. The number of benzene rings is 1. The Labute approximate surface area is 117 Å². The van der Waals surface area contributed by atoms with Crippen LogP contribution in [-0.2, 0) is 4.79 Å². The molecule has 0 radical (unpaired) electrons. The molecule has 0 aliphatic heterocycles. The van der Waals surface area contributed by atoms with Gasteiger partial charge in [-0.05, 0) is 18.2 Å². The van der Waals surface area contributed by atoms with E-state index in [-0.39, 0.29) is 18.5 Å². The number of quaternary nitrogens is 1. The zero-order valence-corrected chi connectivity index (χ0v) is 11.9. The fourth-order valence-electron chi connectivity index (χ4n) is 1.49. The van der Waals surface area contributed by atoms with Crippen molar-refractivity contribution in [1.29, 1.82) is 5.26 Å². The number of hydrogen-bond acceptors (Lipinski definition) is 3. The van der Waals surface area contributed by atoms with Crippen molar-refractivity contribution < 1.29 is 14.4 Å². The van der Waals surface area contributed by atoms with Crippen LogP contribution in [0.25, 0.3) is 0 Å². The summed E-state index contributed by atoms with van der Waals surface area (Å²) in [6, 6.07) is 6.86. The van der Waals surface area contributed by atoms with E-state index in [0.717, 1.165) is 4.90 Å². The van der Waals surface area contributed by atoms with Crippen molar-refractivity contribution in [2.45, 2.75) is 13.0 Å². The molecule has 1 amide bonds. The van der Waals surface area contributed by atoms with Crippen molar-refractivity contribution >= 4 is 23.2 Å². The number of rotatable bonds is 5. The average Bonchev–Trinajstić information content (AvgIpc) is 2.37. The Hall–Kier alpha value is -1.77. The maximum atomic E-state index is 11.9. The van der Waals surface area contributed by atoms with Gasteiger partial charge in [-0.1, -0.05) is 11.6 Å². The average molecular weight is 283 g/mol. The lowest BCUT2D eigenvalue weighted by Gasteiger charge is -2.16. The molecule has 102 valence electrons. The van der Waals surface area contributed by atoms with E-state index in [1.165, 1.54) is 7.11 Å². The molecule has 1 unspecified atom stereocenters. The number of likely N-dealkylation sites (N-methyl/N-ethyl adjacent to an activating group) is 1. The molecule has 0 fully saturated rings. The first-order valence-electron chi connectivity index (χ1n) is 5.83. The van der Waals surface area contributed by atoms with E-state index in [2.05, 4.69) is 11.4 Å². The lowest BCUT2D eigenvalue weighted by Crippen LogP contribution is -3.13. The number of carbonyl (C=O) groups is 1. The number of halogens is 1. The lowest BCUT2D eigenvalue weighted by molar-refractivity contribution is -0.886. The van der Waals surface area contributed by atoms with Crippen LogP contribution < -0.4 is 15.0 Å². The Morgan fingerprint density at radius 3 is 2.89 bits per heavy atom. The van der Waals surface area contributed by atoms with Gasteiger partial charge in [-0.15, -0.1) is 0 Å². The summed E-state index contributed by atoms with van der Waals surface area (Å²) in [5, 5.41) is 12.0. The van der Waals surface area contributed by atoms with Crippen molar-refractivity contribution in [3.63, 3.8) is 0 Å². The molecule has 0 spiro atoms. The van der Waals surface area contributed by atoms with Crippen LogP contribution in [0, 0.1) is 11.3 Å². The second-order valence-electron chi connectivity index (χ2n) is 4.27. The minimum Gasteiger partial charge on any atom is -0.495 e. The summed E-state index contributed by atoms with van der Waals surface area (Å²) < 4.78 is 5.14. The topological polar surface area (TPSA) is 66.6 Å². The highest BCUT2D eigenvalue weighted by atomic mass is 35.5. The van der Waals surface area contributed by atoms with Gasteiger partial charge in [0.05, 0.1) is 19.8 Å². The highest BCUT2D eigenvalue weighted by Gasteiger charge is 2.17. The highest BCUT2D eigenvalue weighted by Crippen LogP contribution is 2.27. The maximum absolute atomic E-state index is 11.9. The number of anilines is 1. The van der Waals surface area contributed by atoms with E-state index in [4.69, 9.17) is 21.6 Å². The van der Waals surface area contributed by atoms with Gasteiger partial charge in [0.15, 0.2) is 12.6 Å². The van der Waals surface area contributed by atoms with E-state index in [1.54, 1.807) is 32.2 Å². The summed E-state index contributed by atoms with van der Waals surface area (Å²) in [7, 11) is 3.32. The van der Waals surface area contributed by atoms with Crippen LogP contribution in [0.3, 0.4) is 0 Å². The molecule has 0 bridgehead atoms. The smallest absolute Gasteiger partial charge is 0.279 e. The van der Waals surface area contributed by atoms with E-state index < -0.39 is 0 Å². The van der Waals surface area contributed by atoms with Gasteiger partial charge in [-0.3, -0.25) is 4.79 Å². The van der Waals surface area contributed by atoms with Gasteiger partial charge in [0, 0.05) is 11.9 Å². The van der Waals surface area contributed by atoms with E-state index in [9.17, 15) is 4.79 Å². The molecule has 5 nitrogen and oxygen atoms in total. The molecule has 19 heavy (non-hydrogen) atoms. The van der Waals surface area contributed by atoms with Gasteiger partial charge in [0.1, 0.15) is 11.8 Å². The third-order valence-electron chi connectivity index (χ3n) is 2.81. The molecule has 1 rings (SSSR count). The summed E-state index contributed by atoms with van der Waals surface area (Å²) in [5.41, 5.74) is 0.525. The molecule has 0 heterocycles. The maximum Gasteiger partial charge on any atom is 0.279 e. The number of nitriles is 1. The first-order chi connectivity index (χ1) is 8.97. The van der Waals surface area contributed by atoms with Crippen molar-refractivity contribution in [2.24, 2.45) is 0 Å². The molecule has 6 heteroatoms. The molecule has 2 atom stereocenters. The van der Waals surface area contributed by atoms with Crippen molar-refractivity contribution in [3.8, 4) is 11.8 Å². The molecule has 0 saturated heterocycles. The SMILES string of the molecule is COc1ccc(Cl)cc1NC(=O)C[NH+](C)[C@@H](C)C#N. The Balaban J connectivity index is 2.72. The van der Waals surface area contributed by atoms with Crippen LogP contribution >= 0.6 is 11.6 Å². The number of nitrogens with zero attached hydrogens (tertiary/aromatic N) is 1. The predicted molar refractivity (Wildman–Crippen MR) is 73.5 cm³/mol. The zero-order chi connectivity index (χ0) is 14.4. The van der Waals surface area contributed by atoms with Crippen molar-refractivity contribution in [1.82, 2.24) is 0 Å². The highest BCUT2D eigenvalue weighted by molar-refractivity contribution is 6.31. The number of methoxy groups -OCH3 is 1. The van der Waals surface area contributed by atoms with Gasteiger partial charge in [0.25, 0.3) is 5.91 Å². The number of nitrogens with one attached hydrogen (secondary N) is 2.